The number of carbonyl (C=O) groups is 2. The number of thioether (sulfide) groups is 1. The molecule has 0 unspecified atom stereocenters. The van der Waals surface area contributed by atoms with Crippen LogP contribution in [0.1, 0.15) is 73.2 Å². The van der Waals surface area contributed by atoms with Gasteiger partial charge in [0.25, 0.3) is 0 Å². The second-order valence-electron chi connectivity index (χ2n) is 11.1. The van der Waals surface area contributed by atoms with E-state index in [2.05, 4.69) is 20.5 Å². The number of H-pyrrole nitrogens is 1. The van der Waals surface area contributed by atoms with Crippen LogP contribution in [-0.2, 0) is 32.2 Å². The first kappa shape index (κ1) is 33.3. The van der Waals surface area contributed by atoms with Crippen LogP contribution < -0.4 is 10.8 Å². The van der Waals surface area contributed by atoms with Gasteiger partial charge in [-0.25, -0.2) is 10.5 Å². The quantitative estimate of drug-likeness (QED) is 0.0496. The van der Waals surface area contributed by atoms with Gasteiger partial charge in [0.1, 0.15) is 6.33 Å². The first-order chi connectivity index (χ1) is 22.5. The second-order valence-corrected chi connectivity index (χ2v) is 12.1. The van der Waals surface area contributed by atoms with Gasteiger partial charge >= 0.3 is 0 Å². The number of hydroxylamine groups is 1. The van der Waals surface area contributed by atoms with Crippen molar-refractivity contribution < 1.29 is 29.4 Å². The van der Waals surface area contributed by atoms with Crippen LogP contribution in [0.2, 0.25) is 0 Å². The molecule has 1 aromatic heterocycles. The van der Waals surface area contributed by atoms with Crippen molar-refractivity contribution in [2.45, 2.75) is 75.3 Å². The van der Waals surface area contributed by atoms with Crippen LogP contribution >= 0.6 is 11.8 Å². The number of benzene rings is 3. The number of aliphatic hydroxyl groups excluding tert-OH is 1. The monoisotopic (exact) mass is 645 g/mol. The highest BCUT2D eigenvalue weighted by molar-refractivity contribution is 7.99. The summed E-state index contributed by atoms with van der Waals surface area (Å²) in [4.78, 5) is 27.8. The van der Waals surface area contributed by atoms with E-state index in [9.17, 15) is 14.7 Å². The fourth-order valence-electron chi connectivity index (χ4n) is 5.32. The lowest BCUT2D eigenvalue weighted by Crippen LogP contribution is -2.31. The van der Waals surface area contributed by atoms with Gasteiger partial charge in [0.2, 0.25) is 11.8 Å². The Hall–Kier alpha value is -4.07. The molecule has 0 spiro atoms. The van der Waals surface area contributed by atoms with E-state index in [1.54, 1.807) is 17.2 Å². The van der Waals surface area contributed by atoms with E-state index >= 15 is 0 Å². The Kier molecular flexibility index (Phi) is 12.3. The summed E-state index contributed by atoms with van der Waals surface area (Å²) >= 11 is 1.55. The standard InChI is InChI=1S/C34H39N5O6S/c40-20-23-10-12-25(13-11-23)30-18-28(21-46-34-36-22-37-38-34)44-33(45-30)26-16-14-24(15-17-26)29-7-5-4-6-27(29)19-35-31(41)8-2-1-3-9-32(42)39-43/h4-7,10-17,22,28,30,33,40,43H,1-3,8-9,18-21H2,(H,35,41)(H,39,42)(H,36,37,38)/t28-,30+,33+/m1/s1. The van der Waals surface area contributed by atoms with Crippen molar-refractivity contribution in [1.29, 1.82) is 0 Å². The molecule has 46 heavy (non-hydrogen) atoms. The molecular weight excluding hydrogens is 606 g/mol. The van der Waals surface area contributed by atoms with Crippen molar-refractivity contribution in [1.82, 2.24) is 26.0 Å². The zero-order valence-corrected chi connectivity index (χ0v) is 26.2. The third-order valence-corrected chi connectivity index (χ3v) is 8.84. The van der Waals surface area contributed by atoms with Crippen molar-refractivity contribution in [3.63, 3.8) is 0 Å². The first-order valence-electron chi connectivity index (χ1n) is 15.4. The Morgan fingerprint density at radius 2 is 1.65 bits per heavy atom. The lowest BCUT2D eigenvalue weighted by Gasteiger charge is -2.36. The van der Waals surface area contributed by atoms with Crippen LogP contribution in [0.5, 0.6) is 0 Å². The lowest BCUT2D eigenvalue weighted by atomic mass is 9.97. The zero-order valence-electron chi connectivity index (χ0n) is 25.4. The third kappa shape index (κ3) is 9.47. The number of aliphatic hydroxyl groups is 1. The summed E-state index contributed by atoms with van der Waals surface area (Å²) in [5.74, 6) is 0.225. The summed E-state index contributed by atoms with van der Waals surface area (Å²) in [6.45, 7) is 0.394. The molecule has 3 atom stereocenters. The summed E-state index contributed by atoms with van der Waals surface area (Å²) in [6, 6.07) is 23.9. The largest absolute Gasteiger partial charge is 0.392 e. The summed E-state index contributed by atoms with van der Waals surface area (Å²) in [5, 5.41) is 28.6. The van der Waals surface area contributed by atoms with Crippen LogP contribution in [0.25, 0.3) is 11.1 Å². The van der Waals surface area contributed by atoms with E-state index in [-0.39, 0.29) is 31.1 Å². The third-order valence-electron chi connectivity index (χ3n) is 7.83. The highest BCUT2D eigenvalue weighted by Crippen LogP contribution is 2.39. The maximum atomic E-state index is 12.5. The van der Waals surface area contributed by atoms with Gasteiger partial charge in [0, 0.05) is 37.1 Å². The molecule has 12 heteroatoms. The fourth-order valence-corrected chi connectivity index (χ4v) is 6.12. The summed E-state index contributed by atoms with van der Waals surface area (Å²) in [7, 11) is 0. The number of rotatable bonds is 15. The smallest absolute Gasteiger partial charge is 0.243 e. The van der Waals surface area contributed by atoms with Gasteiger partial charge in [-0.3, -0.25) is 19.9 Å². The molecule has 4 aromatic rings. The maximum Gasteiger partial charge on any atom is 0.243 e. The van der Waals surface area contributed by atoms with Gasteiger partial charge in [0.15, 0.2) is 11.4 Å². The highest BCUT2D eigenvalue weighted by atomic mass is 32.2. The molecule has 1 fully saturated rings. The first-order valence-corrected chi connectivity index (χ1v) is 16.4. The van der Waals surface area contributed by atoms with Gasteiger partial charge in [-0.15, -0.1) is 0 Å². The Morgan fingerprint density at radius 3 is 2.37 bits per heavy atom. The Balaban J connectivity index is 1.22. The van der Waals surface area contributed by atoms with Crippen LogP contribution in [0, 0.1) is 0 Å². The summed E-state index contributed by atoms with van der Waals surface area (Å²) < 4.78 is 12.9. The number of hydrogen-bond acceptors (Lipinski definition) is 9. The van der Waals surface area contributed by atoms with Gasteiger partial charge in [-0.1, -0.05) is 91.0 Å². The number of nitrogens with zero attached hydrogens (tertiary/aromatic N) is 2. The fraction of sp³-hybridized carbons (Fsp3) is 0.353. The number of amides is 2. The molecule has 1 aliphatic rings. The molecule has 2 heterocycles. The van der Waals surface area contributed by atoms with E-state index in [0.29, 0.717) is 38.0 Å². The maximum absolute atomic E-state index is 12.5. The second kappa shape index (κ2) is 17.0. The van der Waals surface area contributed by atoms with E-state index < -0.39 is 12.2 Å². The minimum absolute atomic E-state index is 0.00904. The predicted octanol–water partition coefficient (Wildman–Crippen LogP) is 5.37. The van der Waals surface area contributed by atoms with E-state index in [4.69, 9.17) is 14.7 Å². The summed E-state index contributed by atoms with van der Waals surface area (Å²) in [5.41, 5.74) is 7.44. The van der Waals surface area contributed by atoms with Gasteiger partial charge in [0.05, 0.1) is 18.8 Å². The van der Waals surface area contributed by atoms with Crippen molar-refractivity contribution >= 4 is 23.6 Å². The summed E-state index contributed by atoms with van der Waals surface area (Å²) in [6.07, 6.45) is 3.96. The van der Waals surface area contributed by atoms with E-state index in [0.717, 1.165) is 45.0 Å². The van der Waals surface area contributed by atoms with Gasteiger partial charge < -0.3 is 19.9 Å². The number of hydrogen-bond donors (Lipinski definition) is 5. The average Bonchev–Trinajstić information content (AvgIpc) is 3.63. The van der Waals surface area contributed by atoms with E-state index in [1.165, 1.54) is 6.33 Å². The highest BCUT2D eigenvalue weighted by Gasteiger charge is 2.32. The normalized spacial score (nSPS) is 17.8. The Morgan fingerprint density at radius 1 is 0.913 bits per heavy atom. The van der Waals surface area contributed by atoms with E-state index in [1.807, 2.05) is 72.8 Å². The average molecular weight is 646 g/mol. The van der Waals surface area contributed by atoms with Crippen molar-refractivity contribution in [2.75, 3.05) is 5.75 Å². The van der Waals surface area contributed by atoms with Gasteiger partial charge in [-0.05, 0) is 40.7 Å². The number of carbonyl (C=O) groups excluding carboxylic acids is 2. The van der Waals surface area contributed by atoms with Crippen molar-refractivity contribution in [3.05, 3.63) is 101 Å². The number of nitrogens with one attached hydrogen (secondary N) is 3. The van der Waals surface area contributed by atoms with Crippen molar-refractivity contribution in [3.8, 4) is 11.1 Å². The van der Waals surface area contributed by atoms with Crippen molar-refractivity contribution in [2.24, 2.45) is 0 Å². The number of unbranched alkanes of at least 4 members (excludes halogenated alkanes) is 2. The molecule has 1 aliphatic heterocycles. The number of aromatic nitrogens is 3. The molecule has 2 amide bonds. The molecule has 0 saturated carbocycles. The Labute approximate surface area is 272 Å². The molecule has 242 valence electrons. The van der Waals surface area contributed by atoms with Crippen LogP contribution in [0.3, 0.4) is 0 Å². The number of aromatic amines is 1. The topological polar surface area (TPSA) is 159 Å². The van der Waals surface area contributed by atoms with Crippen LogP contribution in [-0.4, -0.2) is 49.2 Å². The molecule has 5 N–H and O–H groups in total. The lowest BCUT2D eigenvalue weighted by molar-refractivity contribution is -0.245. The SMILES string of the molecule is O=C(CCCCCC(=O)NCc1ccccc1-c1ccc([C@H]2O[C@@H](CSc3ncn[nH]3)C[C@@H](c3ccc(CO)cc3)O2)cc1)NO. The van der Waals surface area contributed by atoms with Crippen LogP contribution in [0.4, 0.5) is 0 Å². The molecular formula is C34H39N5O6S. The van der Waals surface area contributed by atoms with Gasteiger partial charge in [-0.2, -0.15) is 5.10 Å². The minimum Gasteiger partial charge on any atom is -0.392 e. The molecule has 5 rings (SSSR count). The Bertz CT molecular complexity index is 1530. The number of ether oxygens (including phenoxy) is 2. The molecule has 1 saturated heterocycles. The minimum atomic E-state index is -0.571. The molecule has 0 radical (unpaired) electrons. The molecule has 3 aromatic carbocycles. The molecule has 0 aliphatic carbocycles. The zero-order chi connectivity index (χ0) is 32.1. The molecule has 0 bridgehead atoms. The predicted molar refractivity (Wildman–Crippen MR) is 172 cm³/mol. The molecule has 11 nitrogen and oxygen atoms in total. The van der Waals surface area contributed by atoms with Crippen LogP contribution in [0.15, 0.2) is 84.3 Å².